The molecule has 0 unspecified atom stereocenters. The summed E-state index contributed by atoms with van der Waals surface area (Å²) in [5.41, 5.74) is 3.45. The number of hydrogen-bond acceptors (Lipinski definition) is 4. The van der Waals surface area contributed by atoms with E-state index in [9.17, 15) is 9.59 Å². The summed E-state index contributed by atoms with van der Waals surface area (Å²) in [6.07, 6.45) is 2.60. The minimum Gasteiger partial charge on any atom is -0.467 e. The summed E-state index contributed by atoms with van der Waals surface area (Å²) in [6.45, 7) is 2.40. The van der Waals surface area contributed by atoms with Gasteiger partial charge >= 0.3 is 5.97 Å². The van der Waals surface area contributed by atoms with Crippen molar-refractivity contribution in [1.29, 1.82) is 0 Å². The Hall–Kier alpha value is -2.04. The van der Waals surface area contributed by atoms with Gasteiger partial charge in [0, 0.05) is 25.6 Å². The predicted octanol–water partition coefficient (Wildman–Crippen LogP) is 1.26. The molecule has 0 aromatic heterocycles. The van der Waals surface area contributed by atoms with Gasteiger partial charge in [0.15, 0.2) is 0 Å². The molecule has 1 amide bonds. The van der Waals surface area contributed by atoms with Gasteiger partial charge in [0.1, 0.15) is 6.04 Å². The van der Waals surface area contributed by atoms with Crippen molar-refractivity contribution in [3.63, 3.8) is 0 Å². The highest BCUT2D eigenvalue weighted by atomic mass is 16.5. The monoisotopic (exact) mass is 276 g/mol. The van der Waals surface area contributed by atoms with Gasteiger partial charge in [0.05, 0.1) is 7.11 Å². The lowest BCUT2D eigenvalue weighted by molar-refractivity contribution is -0.144. The number of hydrogen-bond donors (Lipinski definition) is 2. The summed E-state index contributed by atoms with van der Waals surface area (Å²) < 4.78 is 4.73. The second kappa shape index (κ2) is 6.41. The molecule has 0 saturated heterocycles. The zero-order chi connectivity index (χ0) is 14.5. The van der Waals surface area contributed by atoms with Gasteiger partial charge in [-0.2, -0.15) is 0 Å². The second-order valence-corrected chi connectivity index (χ2v) is 5.00. The first kappa shape index (κ1) is 14.4. The Bertz CT molecular complexity index is 514. The van der Waals surface area contributed by atoms with Crippen LogP contribution in [0.4, 0.5) is 5.69 Å². The molecule has 5 heteroatoms. The van der Waals surface area contributed by atoms with Crippen LogP contribution in [0, 0.1) is 0 Å². The van der Waals surface area contributed by atoms with E-state index in [4.69, 9.17) is 4.74 Å². The van der Waals surface area contributed by atoms with Crippen LogP contribution in [0.2, 0.25) is 0 Å². The molecule has 5 nitrogen and oxygen atoms in total. The molecular weight excluding hydrogens is 256 g/mol. The highest BCUT2D eigenvalue weighted by molar-refractivity contribution is 5.83. The van der Waals surface area contributed by atoms with Gasteiger partial charge in [0.25, 0.3) is 0 Å². The average Bonchev–Trinajstić information content (AvgIpc) is 2.45. The molecule has 1 aromatic carbocycles. The molecule has 2 N–H and O–H groups in total. The van der Waals surface area contributed by atoms with Gasteiger partial charge in [-0.15, -0.1) is 0 Å². The van der Waals surface area contributed by atoms with Gasteiger partial charge in [-0.3, -0.25) is 4.79 Å². The first-order chi connectivity index (χ1) is 9.60. The number of rotatable bonds is 4. The molecule has 1 aliphatic rings. The largest absolute Gasteiger partial charge is 0.467 e. The number of carbonyl (C=O) groups excluding carboxylic acids is 2. The Labute approximate surface area is 118 Å². The van der Waals surface area contributed by atoms with Crippen LogP contribution in [-0.2, 0) is 27.2 Å². The quantitative estimate of drug-likeness (QED) is 0.813. The number of fused-ring (bicyclic) bond motifs is 1. The first-order valence-corrected chi connectivity index (χ1v) is 6.80. The summed E-state index contributed by atoms with van der Waals surface area (Å²) in [6, 6.07) is 5.48. The number of anilines is 1. The summed E-state index contributed by atoms with van der Waals surface area (Å²) in [7, 11) is 1.33. The molecule has 0 saturated carbocycles. The molecular formula is C15H20N2O3. The lowest BCUT2D eigenvalue weighted by atomic mass is 9.97. The fourth-order valence-electron chi connectivity index (χ4n) is 2.47. The van der Waals surface area contributed by atoms with Crippen molar-refractivity contribution < 1.29 is 14.3 Å². The Balaban J connectivity index is 2.13. The minimum absolute atomic E-state index is 0.236. The molecule has 0 bridgehead atoms. The van der Waals surface area contributed by atoms with Crippen molar-refractivity contribution >= 4 is 17.6 Å². The maximum atomic E-state index is 11.7. The van der Waals surface area contributed by atoms with E-state index in [-0.39, 0.29) is 5.91 Å². The smallest absolute Gasteiger partial charge is 0.328 e. The summed E-state index contributed by atoms with van der Waals surface area (Å²) in [5.74, 6) is -0.656. The molecule has 1 aromatic rings. The van der Waals surface area contributed by atoms with Crippen LogP contribution < -0.4 is 10.6 Å². The predicted molar refractivity (Wildman–Crippen MR) is 76.6 cm³/mol. The van der Waals surface area contributed by atoms with Crippen LogP contribution in [0.15, 0.2) is 18.2 Å². The molecule has 0 radical (unpaired) electrons. The maximum absolute atomic E-state index is 11.7. The highest BCUT2D eigenvalue weighted by Gasteiger charge is 2.21. The van der Waals surface area contributed by atoms with E-state index in [0.717, 1.165) is 30.6 Å². The second-order valence-electron chi connectivity index (χ2n) is 5.00. The topological polar surface area (TPSA) is 67.4 Å². The zero-order valence-electron chi connectivity index (χ0n) is 11.9. The number of amides is 1. The SMILES string of the molecule is COC(=O)[C@H](Cc1ccc2c(c1)CCCN2)NC(C)=O. The van der Waals surface area contributed by atoms with Crippen molar-refractivity contribution in [2.45, 2.75) is 32.2 Å². The minimum atomic E-state index is -0.632. The fourth-order valence-corrected chi connectivity index (χ4v) is 2.47. The third kappa shape index (κ3) is 3.50. The van der Waals surface area contributed by atoms with Gasteiger partial charge in [-0.25, -0.2) is 4.79 Å². The molecule has 0 aliphatic carbocycles. The van der Waals surface area contributed by atoms with Gasteiger partial charge in [-0.05, 0) is 30.0 Å². The number of nitrogens with one attached hydrogen (secondary N) is 2. The van der Waals surface area contributed by atoms with Crippen molar-refractivity contribution in [2.24, 2.45) is 0 Å². The Kier molecular flexibility index (Phi) is 4.61. The fraction of sp³-hybridized carbons (Fsp3) is 0.467. The molecule has 108 valence electrons. The summed E-state index contributed by atoms with van der Waals surface area (Å²) in [4.78, 5) is 22.9. The van der Waals surface area contributed by atoms with Gasteiger partial charge in [-0.1, -0.05) is 12.1 Å². The van der Waals surface area contributed by atoms with Crippen molar-refractivity contribution in [3.8, 4) is 0 Å². The lowest BCUT2D eigenvalue weighted by Crippen LogP contribution is -2.42. The molecule has 1 atom stereocenters. The Morgan fingerprint density at radius 3 is 2.95 bits per heavy atom. The number of aryl methyl sites for hydroxylation is 1. The molecule has 2 rings (SSSR count). The van der Waals surface area contributed by atoms with E-state index in [1.54, 1.807) is 0 Å². The molecule has 1 aliphatic heterocycles. The third-order valence-corrected chi connectivity index (χ3v) is 3.41. The Morgan fingerprint density at radius 1 is 1.45 bits per heavy atom. The van der Waals surface area contributed by atoms with Crippen LogP contribution in [0.5, 0.6) is 0 Å². The Morgan fingerprint density at radius 2 is 2.25 bits per heavy atom. The van der Waals surface area contributed by atoms with Crippen LogP contribution in [-0.4, -0.2) is 31.6 Å². The maximum Gasteiger partial charge on any atom is 0.328 e. The van der Waals surface area contributed by atoms with E-state index >= 15 is 0 Å². The zero-order valence-corrected chi connectivity index (χ0v) is 11.9. The number of benzene rings is 1. The van der Waals surface area contributed by atoms with Crippen molar-refractivity contribution in [2.75, 3.05) is 19.0 Å². The van der Waals surface area contributed by atoms with Crippen LogP contribution >= 0.6 is 0 Å². The number of ether oxygens (including phenoxy) is 1. The number of carbonyl (C=O) groups is 2. The highest BCUT2D eigenvalue weighted by Crippen LogP contribution is 2.23. The molecule has 0 fully saturated rings. The number of esters is 1. The van der Waals surface area contributed by atoms with E-state index in [1.165, 1.54) is 19.6 Å². The lowest BCUT2D eigenvalue weighted by Gasteiger charge is -2.20. The average molecular weight is 276 g/mol. The van der Waals surface area contributed by atoms with E-state index in [0.29, 0.717) is 6.42 Å². The van der Waals surface area contributed by atoms with Gasteiger partial charge < -0.3 is 15.4 Å². The molecule has 1 heterocycles. The van der Waals surface area contributed by atoms with Crippen LogP contribution in [0.3, 0.4) is 0 Å². The van der Waals surface area contributed by atoms with Crippen molar-refractivity contribution in [3.05, 3.63) is 29.3 Å². The van der Waals surface area contributed by atoms with E-state index < -0.39 is 12.0 Å². The standard InChI is InChI=1S/C15H20N2O3/c1-10(18)17-14(15(19)20-2)9-11-5-6-13-12(8-11)4-3-7-16-13/h5-6,8,14,16H,3-4,7,9H2,1-2H3,(H,17,18)/t14-/m0/s1. The first-order valence-electron chi connectivity index (χ1n) is 6.80. The van der Waals surface area contributed by atoms with E-state index in [1.807, 2.05) is 12.1 Å². The third-order valence-electron chi connectivity index (χ3n) is 3.41. The number of methoxy groups -OCH3 is 1. The van der Waals surface area contributed by atoms with Crippen LogP contribution in [0.1, 0.15) is 24.5 Å². The van der Waals surface area contributed by atoms with Crippen LogP contribution in [0.25, 0.3) is 0 Å². The van der Waals surface area contributed by atoms with Crippen molar-refractivity contribution in [1.82, 2.24) is 5.32 Å². The normalized spacial score (nSPS) is 14.7. The van der Waals surface area contributed by atoms with Gasteiger partial charge in [0.2, 0.25) is 5.91 Å². The molecule has 0 spiro atoms. The summed E-state index contributed by atoms with van der Waals surface area (Å²) in [5, 5.41) is 5.98. The molecule has 20 heavy (non-hydrogen) atoms. The summed E-state index contributed by atoms with van der Waals surface area (Å²) >= 11 is 0. The van der Waals surface area contributed by atoms with E-state index in [2.05, 4.69) is 16.7 Å².